The number of rotatable bonds is 6. The first-order chi connectivity index (χ1) is 14.4. The Morgan fingerprint density at radius 3 is 2.57 bits per heavy atom. The van der Waals surface area contributed by atoms with Crippen molar-refractivity contribution in [1.82, 2.24) is 14.3 Å². The predicted molar refractivity (Wildman–Crippen MR) is 120 cm³/mol. The Balaban J connectivity index is 1.85. The minimum Gasteiger partial charge on any atom is -0.316 e. The van der Waals surface area contributed by atoms with Gasteiger partial charge in [-0.1, -0.05) is 35.9 Å². The average molecular weight is 420 g/mol. The van der Waals surface area contributed by atoms with Gasteiger partial charge in [0.05, 0.1) is 5.52 Å². The molecule has 0 aliphatic carbocycles. The smallest absolute Gasteiger partial charge is 0.269 e. The molecule has 0 spiro atoms. The maximum atomic E-state index is 13.3. The van der Waals surface area contributed by atoms with Crippen molar-refractivity contribution in [3.8, 4) is 0 Å². The SMILES string of the molecule is CNCc1cn(S(=O)(=O)c2cccnc2)c2cc(Cc3ccc(C)cc3C)ccc12. The Kier molecular flexibility index (Phi) is 5.45. The van der Waals surface area contributed by atoms with Crippen LogP contribution in [-0.2, 0) is 23.0 Å². The van der Waals surface area contributed by atoms with Gasteiger partial charge in [-0.25, -0.2) is 12.4 Å². The minimum atomic E-state index is -3.74. The zero-order valence-electron chi connectivity index (χ0n) is 17.4. The van der Waals surface area contributed by atoms with Gasteiger partial charge in [0.2, 0.25) is 0 Å². The van der Waals surface area contributed by atoms with Gasteiger partial charge in [0, 0.05) is 30.5 Å². The lowest BCUT2D eigenvalue weighted by Gasteiger charge is -2.10. The molecule has 0 unspecified atom stereocenters. The Labute approximate surface area is 177 Å². The second kappa shape index (κ2) is 8.05. The van der Waals surface area contributed by atoms with Crippen molar-refractivity contribution in [2.75, 3.05) is 7.05 Å². The number of nitrogens with zero attached hydrogens (tertiary/aromatic N) is 2. The summed E-state index contributed by atoms with van der Waals surface area (Å²) in [5.74, 6) is 0. The standard InChI is InChI=1S/C24H25N3O2S/c1-17-6-8-20(18(2)11-17)12-19-7-9-23-21(14-25-3)16-27(24(23)13-19)30(28,29)22-5-4-10-26-15-22/h4-11,13,15-16,25H,12,14H2,1-3H3. The summed E-state index contributed by atoms with van der Waals surface area (Å²) >= 11 is 0. The molecule has 0 aliphatic heterocycles. The van der Waals surface area contributed by atoms with Crippen LogP contribution >= 0.6 is 0 Å². The first kappa shape index (κ1) is 20.3. The van der Waals surface area contributed by atoms with Gasteiger partial charge in [-0.05, 0) is 67.8 Å². The lowest BCUT2D eigenvalue weighted by molar-refractivity contribution is 0.588. The summed E-state index contributed by atoms with van der Waals surface area (Å²) in [6.07, 6.45) is 5.42. The molecular weight excluding hydrogens is 394 g/mol. The number of aromatic nitrogens is 2. The summed E-state index contributed by atoms with van der Waals surface area (Å²) in [6.45, 7) is 4.78. The first-order valence-corrected chi connectivity index (χ1v) is 11.3. The second-order valence-corrected chi connectivity index (χ2v) is 9.45. The van der Waals surface area contributed by atoms with Crippen molar-refractivity contribution in [3.05, 3.63) is 94.9 Å². The highest BCUT2D eigenvalue weighted by Gasteiger charge is 2.21. The quantitative estimate of drug-likeness (QED) is 0.509. The van der Waals surface area contributed by atoms with Gasteiger partial charge in [-0.15, -0.1) is 0 Å². The van der Waals surface area contributed by atoms with Gasteiger partial charge in [0.15, 0.2) is 0 Å². The molecule has 0 aliphatic rings. The highest BCUT2D eigenvalue weighted by Crippen LogP contribution is 2.28. The Bertz CT molecular complexity index is 1310. The predicted octanol–water partition coefficient (Wildman–Crippen LogP) is 4.20. The van der Waals surface area contributed by atoms with E-state index in [9.17, 15) is 8.42 Å². The fraction of sp³-hybridized carbons (Fsp3) is 0.208. The number of fused-ring (bicyclic) bond motifs is 1. The molecule has 0 amide bonds. The molecule has 4 rings (SSSR count). The minimum absolute atomic E-state index is 0.178. The molecule has 30 heavy (non-hydrogen) atoms. The largest absolute Gasteiger partial charge is 0.316 e. The van der Waals surface area contributed by atoms with Gasteiger partial charge in [-0.3, -0.25) is 4.98 Å². The van der Waals surface area contributed by atoms with E-state index in [1.165, 1.54) is 26.9 Å². The molecule has 2 heterocycles. The molecule has 4 aromatic rings. The van der Waals surface area contributed by atoms with E-state index < -0.39 is 10.0 Å². The van der Waals surface area contributed by atoms with Crippen molar-refractivity contribution in [3.63, 3.8) is 0 Å². The molecule has 0 saturated carbocycles. The Morgan fingerprint density at radius 1 is 1.03 bits per heavy atom. The molecule has 2 aromatic heterocycles. The molecule has 0 bridgehead atoms. The zero-order chi connectivity index (χ0) is 21.3. The summed E-state index contributed by atoms with van der Waals surface area (Å²) in [5.41, 5.74) is 6.42. The zero-order valence-corrected chi connectivity index (χ0v) is 18.2. The molecular formula is C24H25N3O2S. The van der Waals surface area contributed by atoms with Gasteiger partial charge in [0.1, 0.15) is 4.90 Å². The van der Waals surface area contributed by atoms with Crippen LogP contribution < -0.4 is 5.32 Å². The fourth-order valence-electron chi connectivity index (χ4n) is 3.83. The molecule has 0 radical (unpaired) electrons. The van der Waals surface area contributed by atoms with E-state index in [1.807, 2.05) is 19.2 Å². The van der Waals surface area contributed by atoms with Gasteiger partial charge in [0.25, 0.3) is 10.0 Å². The highest BCUT2D eigenvalue weighted by atomic mass is 32.2. The van der Waals surface area contributed by atoms with Crippen molar-refractivity contribution in [2.45, 2.75) is 31.7 Å². The average Bonchev–Trinajstić information content (AvgIpc) is 3.10. The highest BCUT2D eigenvalue weighted by molar-refractivity contribution is 7.90. The number of pyridine rings is 1. The van der Waals surface area contributed by atoms with Crippen molar-refractivity contribution in [1.29, 1.82) is 0 Å². The van der Waals surface area contributed by atoms with Crippen molar-refractivity contribution in [2.24, 2.45) is 0 Å². The molecule has 154 valence electrons. The monoisotopic (exact) mass is 419 g/mol. The van der Waals surface area contributed by atoms with Crippen molar-refractivity contribution >= 4 is 20.9 Å². The third-order valence-electron chi connectivity index (χ3n) is 5.37. The maximum absolute atomic E-state index is 13.3. The van der Waals surface area contributed by atoms with Crippen LogP contribution in [0.4, 0.5) is 0 Å². The molecule has 0 saturated heterocycles. The van der Waals surface area contributed by atoms with Gasteiger partial charge in [-0.2, -0.15) is 0 Å². The van der Waals surface area contributed by atoms with Crippen molar-refractivity contribution < 1.29 is 8.42 Å². The number of hydrogen-bond acceptors (Lipinski definition) is 4. The summed E-state index contributed by atoms with van der Waals surface area (Å²) < 4.78 is 28.0. The van der Waals surface area contributed by atoms with Crippen LogP contribution in [0, 0.1) is 13.8 Å². The van der Waals surface area contributed by atoms with Crippen LogP contribution in [0.2, 0.25) is 0 Å². The van der Waals surface area contributed by atoms with E-state index in [4.69, 9.17) is 0 Å². The van der Waals surface area contributed by atoms with E-state index in [1.54, 1.807) is 24.5 Å². The molecule has 6 heteroatoms. The number of nitrogens with one attached hydrogen (secondary N) is 1. The topological polar surface area (TPSA) is 64.0 Å². The third-order valence-corrected chi connectivity index (χ3v) is 7.03. The van der Waals surface area contributed by atoms with Gasteiger partial charge < -0.3 is 5.32 Å². The summed E-state index contributed by atoms with van der Waals surface area (Å²) in [4.78, 5) is 4.16. The summed E-state index contributed by atoms with van der Waals surface area (Å²) in [7, 11) is -1.89. The van der Waals surface area contributed by atoms with Crippen LogP contribution in [0.1, 0.15) is 27.8 Å². The molecule has 0 fully saturated rings. The first-order valence-electron chi connectivity index (χ1n) is 9.89. The number of hydrogen-bond donors (Lipinski definition) is 1. The van der Waals surface area contributed by atoms with Crippen LogP contribution in [0.5, 0.6) is 0 Å². The van der Waals surface area contributed by atoms with E-state index in [-0.39, 0.29) is 4.90 Å². The Morgan fingerprint density at radius 2 is 1.87 bits per heavy atom. The normalized spacial score (nSPS) is 11.8. The number of aryl methyl sites for hydroxylation is 2. The van der Waals surface area contributed by atoms with E-state index in [0.717, 1.165) is 22.9 Å². The number of benzene rings is 2. The maximum Gasteiger partial charge on any atom is 0.269 e. The molecule has 0 atom stereocenters. The molecule has 1 N–H and O–H groups in total. The lowest BCUT2D eigenvalue weighted by atomic mass is 9.98. The fourth-order valence-corrected chi connectivity index (χ4v) is 5.18. The van der Waals surface area contributed by atoms with E-state index in [0.29, 0.717) is 12.1 Å². The van der Waals surface area contributed by atoms with Crippen LogP contribution in [0.3, 0.4) is 0 Å². The lowest BCUT2D eigenvalue weighted by Crippen LogP contribution is -2.12. The van der Waals surface area contributed by atoms with Crippen LogP contribution in [-0.4, -0.2) is 24.4 Å². The molecule has 5 nitrogen and oxygen atoms in total. The van der Waals surface area contributed by atoms with Crippen LogP contribution in [0.15, 0.2) is 72.0 Å². The van der Waals surface area contributed by atoms with Gasteiger partial charge >= 0.3 is 0 Å². The van der Waals surface area contributed by atoms with E-state index in [2.05, 4.69) is 48.4 Å². The summed E-state index contributed by atoms with van der Waals surface area (Å²) in [6, 6.07) is 15.7. The Hall–Kier alpha value is -2.96. The van der Waals surface area contributed by atoms with E-state index >= 15 is 0 Å². The second-order valence-electron chi connectivity index (χ2n) is 7.63. The van der Waals surface area contributed by atoms with Crippen LogP contribution in [0.25, 0.3) is 10.9 Å². The summed E-state index contributed by atoms with van der Waals surface area (Å²) in [5, 5.41) is 4.06. The molecule has 2 aromatic carbocycles. The third kappa shape index (κ3) is 3.76.